The predicted molar refractivity (Wildman–Crippen MR) is 99.8 cm³/mol. The van der Waals surface area contributed by atoms with Crippen molar-refractivity contribution < 1.29 is 22.7 Å². The quantitative estimate of drug-likeness (QED) is 0.573. The standard InChI is InChI=1S/C17H23ClN2O5S/c1-11(2)8-20(13-5-6-26(23,24)10-13)16(21)9-25-17(22)12-3-4-14(18)15(19)7-12/h3-4,7,11,13H,5-6,8-10,19H2,1-2H3/t13-/m1/s1. The Morgan fingerprint density at radius 1 is 1.38 bits per heavy atom. The maximum atomic E-state index is 12.5. The van der Waals surface area contributed by atoms with Gasteiger partial charge < -0.3 is 15.4 Å². The zero-order chi connectivity index (χ0) is 19.5. The van der Waals surface area contributed by atoms with Crippen LogP contribution in [0.4, 0.5) is 5.69 Å². The van der Waals surface area contributed by atoms with E-state index in [9.17, 15) is 18.0 Å². The molecule has 1 amide bonds. The van der Waals surface area contributed by atoms with E-state index in [2.05, 4.69) is 0 Å². The number of hydrogen-bond donors (Lipinski definition) is 1. The first-order chi connectivity index (χ1) is 12.1. The first-order valence-corrected chi connectivity index (χ1v) is 10.5. The highest BCUT2D eigenvalue weighted by Crippen LogP contribution is 2.21. The Morgan fingerprint density at radius 3 is 2.62 bits per heavy atom. The van der Waals surface area contributed by atoms with E-state index < -0.39 is 28.3 Å². The Labute approximate surface area is 158 Å². The number of halogens is 1. The number of ether oxygens (including phenoxy) is 1. The van der Waals surface area contributed by atoms with E-state index in [1.807, 2.05) is 13.8 Å². The van der Waals surface area contributed by atoms with Gasteiger partial charge in [0, 0.05) is 12.6 Å². The maximum Gasteiger partial charge on any atom is 0.338 e. The normalized spacial score (nSPS) is 18.7. The lowest BCUT2D eigenvalue weighted by atomic mass is 10.1. The molecule has 144 valence electrons. The van der Waals surface area contributed by atoms with Crippen molar-refractivity contribution in [2.75, 3.05) is 30.4 Å². The fourth-order valence-corrected chi connectivity index (χ4v) is 4.68. The highest BCUT2D eigenvalue weighted by Gasteiger charge is 2.35. The van der Waals surface area contributed by atoms with Gasteiger partial charge in [0.25, 0.3) is 5.91 Å². The average molecular weight is 403 g/mol. The molecular formula is C17H23ClN2O5S. The number of nitrogen functional groups attached to an aromatic ring is 1. The largest absolute Gasteiger partial charge is 0.452 e. The van der Waals surface area contributed by atoms with E-state index in [1.54, 1.807) is 0 Å². The molecule has 1 aliphatic heterocycles. The molecule has 0 aliphatic carbocycles. The molecule has 1 aromatic carbocycles. The van der Waals surface area contributed by atoms with Crippen LogP contribution in [0.1, 0.15) is 30.6 Å². The van der Waals surface area contributed by atoms with E-state index in [-0.39, 0.29) is 34.7 Å². The summed E-state index contributed by atoms with van der Waals surface area (Å²) in [4.78, 5) is 26.1. The fourth-order valence-electron chi connectivity index (χ4n) is 2.83. The van der Waals surface area contributed by atoms with Crippen molar-refractivity contribution in [1.29, 1.82) is 0 Å². The van der Waals surface area contributed by atoms with Crippen LogP contribution in [0.25, 0.3) is 0 Å². The maximum absolute atomic E-state index is 12.5. The summed E-state index contributed by atoms with van der Waals surface area (Å²) in [6.45, 7) is 3.83. The van der Waals surface area contributed by atoms with Crippen LogP contribution in [-0.2, 0) is 19.4 Å². The first kappa shape index (κ1) is 20.5. The molecule has 7 nitrogen and oxygen atoms in total. The Hall–Kier alpha value is -1.80. The van der Waals surface area contributed by atoms with Crippen LogP contribution in [0, 0.1) is 5.92 Å². The van der Waals surface area contributed by atoms with Crippen LogP contribution in [0.5, 0.6) is 0 Å². The fraction of sp³-hybridized carbons (Fsp3) is 0.529. The monoisotopic (exact) mass is 402 g/mol. The Morgan fingerprint density at radius 2 is 2.08 bits per heavy atom. The van der Waals surface area contributed by atoms with Gasteiger partial charge in [0.05, 0.1) is 27.8 Å². The van der Waals surface area contributed by atoms with Crippen LogP contribution >= 0.6 is 11.6 Å². The van der Waals surface area contributed by atoms with Crippen molar-refractivity contribution in [2.24, 2.45) is 5.92 Å². The number of carbonyl (C=O) groups excluding carboxylic acids is 2. The zero-order valence-electron chi connectivity index (χ0n) is 14.8. The third-order valence-corrected chi connectivity index (χ3v) is 6.18. The number of nitrogens with zero attached hydrogens (tertiary/aromatic N) is 1. The number of amides is 1. The van der Waals surface area contributed by atoms with Gasteiger partial charge in [-0.2, -0.15) is 0 Å². The molecule has 1 saturated heterocycles. The van der Waals surface area contributed by atoms with Gasteiger partial charge in [-0.1, -0.05) is 25.4 Å². The van der Waals surface area contributed by atoms with Crippen LogP contribution < -0.4 is 5.73 Å². The van der Waals surface area contributed by atoms with Crippen molar-refractivity contribution >= 4 is 39.0 Å². The number of anilines is 1. The second-order valence-electron chi connectivity index (χ2n) is 6.81. The highest BCUT2D eigenvalue weighted by atomic mass is 35.5. The summed E-state index contributed by atoms with van der Waals surface area (Å²) < 4.78 is 28.5. The van der Waals surface area contributed by atoms with Gasteiger partial charge >= 0.3 is 5.97 Å². The minimum Gasteiger partial charge on any atom is -0.452 e. The van der Waals surface area contributed by atoms with E-state index in [4.69, 9.17) is 22.1 Å². The number of nitrogens with two attached hydrogens (primary N) is 1. The number of esters is 1. The highest BCUT2D eigenvalue weighted by molar-refractivity contribution is 7.91. The van der Waals surface area contributed by atoms with Crippen molar-refractivity contribution in [3.8, 4) is 0 Å². The summed E-state index contributed by atoms with van der Waals surface area (Å²) in [6.07, 6.45) is 0.405. The summed E-state index contributed by atoms with van der Waals surface area (Å²) in [7, 11) is -3.12. The molecule has 1 heterocycles. The van der Waals surface area contributed by atoms with Crippen molar-refractivity contribution in [3.63, 3.8) is 0 Å². The smallest absolute Gasteiger partial charge is 0.338 e. The summed E-state index contributed by atoms with van der Waals surface area (Å²) in [5, 5.41) is 0.322. The average Bonchev–Trinajstić information content (AvgIpc) is 2.92. The molecule has 2 rings (SSSR count). The second-order valence-corrected chi connectivity index (χ2v) is 9.45. The molecule has 2 N–H and O–H groups in total. The van der Waals surface area contributed by atoms with E-state index in [0.717, 1.165) is 0 Å². The van der Waals surface area contributed by atoms with Gasteiger partial charge in [-0.3, -0.25) is 4.79 Å². The summed E-state index contributed by atoms with van der Waals surface area (Å²) in [5.41, 5.74) is 6.09. The molecule has 9 heteroatoms. The Kier molecular flexibility index (Phi) is 6.52. The molecule has 1 fully saturated rings. The number of benzene rings is 1. The lowest BCUT2D eigenvalue weighted by molar-refractivity contribution is -0.137. The molecule has 26 heavy (non-hydrogen) atoms. The predicted octanol–water partition coefficient (Wildman–Crippen LogP) is 1.75. The van der Waals surface area contributed by atoms with Crippen LogP contribution in [0.3, 0.4) is 0 Å². The molecule has 0 radical (unpaired) electrons. The summed E-state index contributed by atoms with van der Waals surface area (Å²) >= 11 is 5.81. The van der Waals surface area contributed by atoms with Gasteiger partial charge in [0.1, 0.15) is 0 Å². The van der Waals surface area contributed by atoms with Crippen LogP contribution in [0.15, 0.2) is 18.2 Å². The van der Waals surface area contributed by atoms with Gasteiger partial charge in [-0.25, -0.2) is 13.2 Å². The van der Waals surface area contributed by atoms with Gasteiger partial charge in [-0.15, -0.1) is 0 Å². The van der Waals surface area contributed by atoms with Gasteiger partial charge in [0.15, 0.2) is 16.4 Å². The van der Waals surface area contributed by atoms with Gasteiger partial charge in [-0.05, 0) is 30.5 Å². The number of sulfone groups is 1. The van der Waals surface area contributed by atoms with Crippen molar-refractivity contribution in [3.05, 3.63) is 28.8 Å². The molecule has 0 unspecified atom stereocenters. The number of rotatable bonds is 6. The molecule has 1 atom stereocenters. The molecule has 0 saturated carbocycles. The lowest BCUT2D eigenvalue weighted by Gasteiger charge is -2.29. The number of carbonyl (C=O) groups is 2. The second kappa shape index (κ2) is 8.26. The topological polar surface area (TPSA) is 107 Å². The van der Waals surface area contributed by atoms with E-state index in [0.29, 0.717) is 18.0 Å². The lowest BCUT2D eigenvalue weighted by Crippen LogP contribution is -2.45. The van der Waals surface area contributed by atoms with Gasteiger partial charge in [0.2, 0.25) is 0 Å². The molecule has 1 aliphatic rings. The van der Waals surface area contributed by atoms with Crippen LogP contribution in [-0.4, -0.2) is 55.9 Å². The van der Waals surface area contributed by atoms with E-state index >= 15 is 0 Å². The molecular weight excluding hydrogens is 380 g/mol. The summed E-state index contributed by atoms with van der Waals surface area (Å²) in [6, 6.07) is 3.94. The first-order valence-electron chi connectivity index (χ1n) is 8.31. The van der Waals surface area contributed by atoms with Crippen LogP contribution in [0.2, 0.25) is 5.02 Å². The van der Waals surface area contributed by atoms with Crippen molar-refractivity contribution in [2.45, 2.75) is 26.3 Å². The molecule has 0 bridgehead atoms. The Bertz CT molecular complexity index is 794. The SMILES string of the molecule is CC(C)CN(C(=O)COC(=O)c1ccc(Cl)c(N)c1)[C@@H]1CCS(=O)(=O)C1. The molecule has 0 aromatic heterocycles. The minimum atomic E-state index is -3.12. The molecule has 0 spiro atoms. The molecule has 1 aromatic rings. The minimum absolute atomic E-state index is 0.0485. The number of hydrogen-bond acceptors (Lipinski definition) is 6. The Balaban J connectivity index is 2.02. The van der Waals surface area contributed by atoms with Crippen molar-refractivity contribution in [1.82, 2.24) is 4.90 Å². The third kappa shape index (κ3) is 5.35. The summed E-state index contributed by atoms with van der Waals surface area (Å²) in [5.74, 6) is -0.911. The third-order valence-electron chi connectivity index (χ3n) is 4.09. The van der Waals surface area contributed by atoms with E-state index in [1.165, 1.54) is 23.1 Å². The zero-order valence-corrected chi connectivity index (χ0v) is 16.3.